The van der Waals surface area contributed by atoms with E-state index in [0.717, 1.165) is 30.7 Å². The van der Waals surface area contributed by atoms with Crippen molar-refractivity contribution in [2.45, 2.75) is 68.6 Å². The lowest BCUT2D eigenvalue weighted by atomic mass is 9.70. The van der Waals surface area contributed by atoms with Gasteiger partial charge in [-0.1, -0.05) is 17.7 Å². The van der Waals surface area contributed by atoms with E-state index in [2.05, 4.69) is 10.3 Å². The smallest absolute Gasteiger partial charge is 0.346 e. The average molecular weight is 648 g/mol. The number of amides is 1. The number of nitrogens with zero attached hydrogens (tertiary/aromatic N) is 2. The minimum absolute atomic E-state index is 0.0504. The Kier molecular flexibility index (Phi) is 7.35. The number of halogens is 3. The number of rotatable bonds is 6. The summed E-state index contributed by atoms with van der Waals surface area (Å²) in [6, 6.07) is 11.9. The fraction of sp³-hybridized carbons (Fsp3) is 0.419. The number of sulfone groups is 1. The normalized spacial score (nSPS) is 20.8. The lowest BCUT2D eigenvalue weighted by molar-refractivity contribution is -0.137. The summed E-state index contributed by atoms with van der Waals surface area (Å²) in [5.74, 6) is -0.614. The van der Waals surface area contributed by atoms with E-state index < -0.39 is 49.0 Å². The molecule has 2 aromatic carbocycles. The Hall–Kier alpha value is -3.45. The van der Waals surface area contributed by atoms with Gasteiger partial charge in [0.1, 0.15) is 9.84 Å². The van der Waals surface area contributed by atoms with Crippen LogP contribution in [0.5, 0.6) is 0 Å². The second-order valence-electron chi connectivity index (χ2n) is 12.1. The molecule has 0 radical (unpaired) electrons. The number of aromatic nitrogens is 1. The maximum Gasteiger partial charge on any atom is 0.417 e. The van der Waals surface area contributed by atoms with Crippen molar-refractivity contribution in [2.24, 2.45) is 5.92 Å². The first-order valence-electron chi connectivity index (χ1n) is 14.4. The molecule has 8 nitrogen and oxygen atoms in total. The Bertz CT molecular complexity index is 1840. The molecule has 2 aliphatic heterocycles. The van der Waals surface area contributed by atoms with E-state index in [0.29, 0.717) is 11.3 Å². The van der Waals surface area contributed by atoms with Crippen LogP contribution in [0.2, 0.25) is 0 Å². The zero-order valence-corrected chi connectivity index (χ0v) is 25.8. The van der Waals surface area contributed by atoms with Crippen molar-refractivity contribution in [3.05, 3.63) is 88.2 Å². The van der Waals surface area contributed by atoms with Gasteiger partial charge in [0.15, 0.2) is 0 Å². The molecule has 1 atom stereocenters. The summed E-state index contributed by atoms with van der Waals surface area (Å²) in [7, 11) is -7.32. The SMILES string of the molecule is Cc1ccc(S(=O)(=O)N2c3ccc(C(=O)NCc4ncc(C(F)(F)F)cc4C)cc3C3(CCS(=O)(=O)CC3)C2C2CC2)cc1. The van der Waals surface area contributed by atoms with Crippen molar-refractivity contribution in [1.82, 2.24) is 10.3 Å². The van der Waals surface area contributed by atoms with Crippen molar-refractivity contribution in [1.29, 1.82) is 0 Å². The lowest BCUT2D eigenvalue weighted by Crippen LogP contribution is -2.52. The molecule has 44 heavy (non-hydrogen) atoms. The summed E-state index contributed by atoms with van der Waals surface area (Å²) in [6.45, 7) is 3.25. The fourth-order valence-corrected chi connectivity index (χ4v) is 9.99. The maximum absolute atomic E-state index is 14.3. The van der Waals surface area contributed by atoms with Gasteiger partial charge in [-0.25, -0.2) is 16.8 Å². The number of benzene rings is 2. The van der Waals surface area contributed by atoms with Gasteiger partial charge in [0.2, 0.25) is 0 Å². The van der Waals surface area contributed by atoms with Gasteiger partial charge in [0.05, 0.1) is 45.9 Å². The number of hydrogen-bond acceptors (Lipinski definition) is 6. The van der Waals surface area contributed by atoms with Crippen LogP contribution in [0, 0.1) is 19.8 Å². The monoisotopic (exact) mass is 647 g/mol. The molecule has 0 bridgehead atoms. The van der Waals surface area contributed by atoms with Gasteiger partial charge in [0.25, 0.3) is 15.9 Å². The number of sulfonamides is 1. The molecule has 3 heterocycles. The first kappa shape index (κ1) is 30.6. The number of aryl methyl sites for hydroxylation is 2. The average Bonchev–Trinajstić information content (AvgIpc) is 3.76. The van der Waals surface area contributed by atoms with E-state index in [9.17, 15) is 34.8 Å². The first-order chi connectivity index (χ1) is 20.6. The van der Waals surface area contributed by atoms with Crippen LogP contribution in [-0.2, 0) is 38.0 Å². The van der Waals surface area contributed by atoms with Gasteiger partial charge in [-0.15, -0.1) is 0 Å². The van der Waals surface area contributed by atoms with Crippen LogP contribution in [-0.4, -0.2) is 45.3 Å². The van der Waals surface area contributed by atoms with Crippen molar-refractivity contribution < 1.29 is 34.8 Å². The Labute approximate surface area is 254 Å². The van der Waals surface area contributed by atoms with Gasteiger partial charge < -0.3 is 5.32 Å². The number of carbonyl (C=O) groups excluding carboxylic acids is 1. The van der Waals surface area contributed by atoms with Crippen LogP contribution in [0.4, 0.5) is 18.9 Å². The molecule has 1 saturated heterocycles. The van der Waals surface area contributed by atoms with E-state index in [1.807, 2.05) is 6.92 Å². The van der Waals surface area contributed by atoms with Gasteiger partial charge in [-0.3, -0.25) is 14.1 Å². The largest absolute Gasteiger partial charge is 0.417 e. The van der Waals surface area contributed by atoms with Gasteiger partial charge in [0, 0.05) is 17.2 Å². The first-order valence-corrected chi connectivity index (χ1v) is 17.7. The molecule has 6 rings (SSSR count). The van der Waals surface area contributed by atoms with Gasteiger partial charge in [-0.2, -0.15) is 13.2 Å². The number of nitrogens with one attached hydrogen (secondary N) is 1. The highest BCUT2D eigenvalue weighted by molar-refractivity contribution is 7.93. The van der Waals surface area contributed by atoms with Crippen LogP contribution < -0.4 is 9.62 Å². The topological polar surface area (TPSA) is 114 Å². The summed E-state index contributed by atoms with van der Waals surface area (Å²) in [5, 5.41) is 2.72. The lowest BCUT2D eigenvalue weighted by Gasteiger charge is -2.41. The van der Waals surface area contributed by atoms with Crippen molar-refractivity contribution >= 4 is 31.5 Å². The summed E-state index contributed by atoms with van der Waals surface area (Å²) >= 11 is 0. The minimum Gasteiger partial charge on any atom is -0.346 e. The fourth-order valence-electron chi connectivity index (χ4n) is 6.64. The standard InChI is InChI=1S/C31H32F3N3O5S2/c1-19-3-8-24(9-4-19)44(41,42)37-27-10-7-22(29(38)36-18-26-20(2)15-23(17-35-26)31(32,33)34)16-25(27)30(28(37)21-5-6-21)11-13-43(39,40)14-12-30/h3-4,7-10,15-17,21,28H,5-6,11-14,18H2,1-2H3,(H,36,38). The molecule has 1 spiro atoms. The number of fused-ring (bicyclic) bond motifs is 2. The Morgan fingerprint density at radius 1 is 1.05 bits per heavy atom. The number of alkyl halides is 3. The molecule has 1 aromatic heterocycles. The highest BCUT2D eigenvalue weighted by Gasteiger charge is 2.60. The number of carbonyl (C=O) groups is 1. The summed E-state index contributed by atoms with van der Waals surface area (Å²) in [5.41, 5.74) is 1.13. The quantitative estimate of drug-likeness (QED) is 0.399. The zero-order chi connectivity index (χ0) is 31.7. The molecule has 1 aliphatic carbocycles. The highest BCUT2D eigenvalue weighted by atomic mass is 32.2. The highest BCUT2D eigenvalue weighted by Crippen LogP contribution is 2.59. The second-order valence-corrected chi connectivity index (χ2v) is 16.2. The Morgan fingerprint density at radius 3 is 2.30 bits per heavy atom. The van der Waals surface area contributed by atoms with E-state index in [1.165, 1.54) is 17.3 Å². The second kappa shape index (κ2) is 10.6. The number of hydrogen-bond donors (Lipinski definition) is 1. The van der Waals surface area contributed by atoms with Crippen LogP contribution in [0.25, 0.3) is 0 Å². The summed E-state index contributed by atoms with van der Waals surface area (Å²) in [6.07, 6.45) is -1.69. The van der Waals surface area contributed by atoms with E-state index in [-0.39, 0.29) is 58.5 Å². The summed E-state index contributed by atoms with van der Waals surface area (Å²) < 4.78 is 94.2. The van der Waals surface area contributed by atoms with Crippen LogP contribution in [0.1, 0.15) is 64.0 Å². The van der Waals surface area contributed by atoms with Crippen LogP contribution in [0.15, 0.2) is 59.6 Å². The predicted molar refractivity (Wildman–Crippen MR) is 159 cm³/mol. The maximum atomic E-state index is 14.3. The van der Waals surface area contributed by atoms with E-state index >= 15 is 0 Å². The molecular formula is C31H32F3N3O5S2. The van der Waals surface area contributed by atoms with Crippen LogP contribution >= 0.6 is 0 Å². The molecule has 1 saturated carbocycles. The zero-order valence-electron chi connectivity index (χ0n) is 24.2. The molecule has 2 fully saturated rings. The molecule has 1 unspecified atom stereocenters. The number of pyridine rings is 1. The molecule has 1 amide bonds. The number of anilines is 1. The molecule has 13 heteroatoms. The Morgan fingerprint density at radius 2 is 1.70 bits per heavy atom. The molecule has 1 N–H and O–H groups in total. The third-order valence-electron chi connectivity index (χ3n) is 9.15. The molecule has 3 aromatic rings. The van der Waals surface area contributed by atoms with Crippen molar-refractivity contribution in [2.75, 3.05) is 15.8 Å². The molecule has 3 aliphatic rings. The van der Waals surface area contributed by atoms with E-state index in [4.69, 9.17) is 0 Å². The third-order valence-corrected chi connectivity index (χ3v) is 12.6. The van der Waals surface area contributed by atoms with Gasteiger partial charge >= 0.3 is 6.18 Å². The molecular weight excluding hydrogens is 615 g/mol. The van der Waals surface area contributed by atoms with Crippen LogP contribution in [0.3, 0.4) is 0 Å². The van der Waals surface area contributed by atoms with Crippen molar-refractivity contribution in [3.8, 4) is 0 Å². The van der Waals surface area contributed by atoms with E-state index in [1.54, 1.807) is 36.4 Å². The summed E-state index contributed by atoms with van der Waals surface area (Å²) in [4.78, 5) is 17.4. The third kappa shape index (κ3) is 5.38. The molecule has 234 valence electrons. The predicted octanol–water partition coefficient (Wildman–Crippen LogP) is 5.08. The Balaban J connectivity index is 1.37. The minimum atomic E-state index is -4.53. The van der Waals surface area contributed by atoms with Crippen molar-refractivity contribution in [3.63, 3.8) is 0 Å². The van der Waals surface area contributed by atoms with Gasteiger partial charge in [-0.05, 0) is 93.0 Å².